The van der Waals surface area contributed by atoms with Crippen molar-refractivity contribution in [3.05, 3.63) is 48.6 Å². The average Bonchev–Trinajstić information content (AvgIpc) is 3.46. The highest BCUT2D eigenvalue weighted by Crippen LogP contribution is 2.19. The molecule has 0 aliphatic carbocycles. The molecule has 6 heteroatoms. The fourth-order valence-electron chi connectivity index (χ4n) is 10.7. The summed E-state index contributed by atoms with van der Waals surface area (Å²) in [6.07, 6.45) is 87.4. The van der Waals surface area contributed by atoms with Crippen LogP contribution >= 0.6 is 0 Å². The van der Waals surface area contributed by atoms with Gasteiger partial charge in [-0.3, -0.25) is 14.4 Å². The number of rotatable bonds is 66. The minimum Gasteiger partial charge on any atom is -0.462 e. The van der Waals surface area contributed by atoms with Crippen molar-refractivity contribution < 1.29 is 28.6 Å². The SMILES string of the molecule is CCCC/C=C\C/C=C\CCCCCCCC(=O)OCC(COC(=O)CCCCCCCCCCCCCCCCCCCCCCCCCCCCCCCCCCCC)OC(=O)CCCCCCC/C=C\C/C=C\CCCC. The molecule has 0 saturated heterocycles. The first-order valence-electron chi connectivity index (χ1n) is 35.6. The first-order chi connectivity index (χ1) is 39.5. The Kier molecular flexibility index (Phi) is 66.6. The highest BCUT2D eigenvalue weighted by Gasteiger charge is 2.19. The summed E-state index contributed by atoms with van der Waals surface area (Å²) in [5, 5.41) is 0. The number of hydrogen-bond donors (Lipinski definition) is 0. The van der Waals surface area contributed by atoms with Gasteiger partial charge in [0.25, 0.3) is 0 Å². The zero-order chi connectivity index (χ0) is 57.8. The molecule has 0 aliphatic rings. The summed E-state index contributed by atoms with van der Waals surface area (Å²) in [5.41, 5.74) is 0. The summed E-state index contributed by atoms with van der Waals surface area (Å²) in [4.78, 5) is 38.3. The molecular formula is C74H136O6. The first-order valence-corrected chi connectivity index (χ1v) is 35.6. The normalized spacial score (nSPS) is 12.3. The molecule has 0 aromatic rings. The minimum atomic E-state index is -0.786. The Labute approximate surface area is 498 Å². The molecule has 0 heterocycles. The Balaban J connectivity index is 4.07. The summed E-state index contributed by atoms with van der Waals surface area (Å²) in [5.74, 6) is -0.889. The Hall–Kier alpha value is -2.63. The zero-order valence-electron chi connectivity index (χ0n) is 53.9. The van der Waals surface area contributed by atoms with Gasteiger partial charge in [-0.1, -0.05) is 345 Å². The molecule has 0 amide bonds. The van der Waals surface area contributed by atoms with E-state index in [1.165, 1.54) is 244 Å². The quantitative estimate of drug-likeness (QED) is 0.0261. The lowest BCUT2D eigenvalue weighted by atomic mass is 10.0. The van der Waals surface area contributed by atoms with Crippen LogP contribution in [0.1, 0.15) is 387 Å². The van der Waals surface area contributed by atoms with Gasteiger partial charge in [0.05, 0.1) is 0 Å². The molecule has 0 N–H and O–H groups in total. The lowest BCUT2D eigenvalue weighted by Gasteiger charge is -2.18. The summed E-state index contributed by atoms with van der Waals surface area (Å²) >= 11 is 0. The number of carbonyl (C=O) groups is 3. The first kappa shape index (κ1) is 77.4. The molecular weight excluding hydrogens is 985 g/mol. The van der Waals surface area contributed by atoms with Crippen LogP contribution in [0.3, 0.4) is 0 Å². The van der Waals surface area contributed by atoms with E-state index in [9.17, 15) is 14.4 Å². The van der Waals surface area contributed by atoms with E-state index < -0.39 is 6.10 Å². The Bertz CT molecular complexity index is 1380. The zero-order valence-corrected chi connectivity index (χ0v) is 53.9. The van der Waals surface area contributed by atoms with Crippen LogP contribution in [0.25, 0.3) is 0 Å². The average molecular weight is 1120 g/mol. The molecule has 0 bridgehead atoms. The maximum Gasteiger partial charge on any atom is 0.306 e. The van der Waals surface area contributed by atoms with Crippen molar-refractivity contribution in [3.63, 3.8) is 0 Å². The fourth-order valence-corrected chi connectivity index (χ4v) is 10.7. The molecule has 0 fully saturated rings. The van der Waals surface area contributed by atoms with Gasteiger partial charge >= 0.3 is 17.9 Å². The van der Waals surface area contributed by atoms with Gasteiger partial charge in [0.2, 0.25) is 0 Å². The highest BCUT2D eigenvalue weighted by atomic mass is 16.6. The number of unbranched alkanes of at least 4 members (excludes halogenated alkanes) is 47. The molecule has 0 aromatic heterocycles. The Morgan fingerprint density at radius 1 is 0.250 bits per heavy atom. The van der Waals surface area contributed by atoms with Crippen molar-refractivity contribution in [2.45, 2.75) is 393 Å². The van der Waals surface area contributed by atoms with Crippen molar-refractivity contribution in [3.8, 4) is 0 Å². The summed E-state index contributed by atoms with van der Waals surface area (Å²) in [6.45, 7) is 6.59. The maximum atomic E-state index is 12.9. The molecule has 468 valence electrons. The van der Waals surface area contributed by atoms with E-state index in [1.807, 2.05) is 0 Å². The number of carbonyl (C=O) groups excluding carboxylic acids is 3. The smallest absolute Gasteiger partial charge is 0.306 e. The number of hydrogen-bond acceptors (Lipinski definition) is 6. The van der Waals surface area contributed by atoms with Crippen LogP contribution in [0, 0.1) is 0 Å². The largest absolute Gasteiger partial charge is 0.462 e. The van der Waals surface area contributed by atoms with Crippen LogP contribution in [0.5, 0.6) is 0 Å². The van der Waals surface area contributed by atoms with E-state index in [4.69, 9.17) is 14.2 Å². The van der Waals surface area contributed by atoms with E-state index in [-0.39, 0.29) is 31.1 Å². The van der Waals surface area contributed by atoms with Crippen molar-refractivity contribution in [1.29, 1.82) is 0 Å². The molecule has 1 unspecified atom stereocenters. The Morgan fingerprint density at radius 3 is 0.725 bits per heavy atom. The summed E-state index contributed by atoms with van der Waals surface area (Å²) < 4.78 is 16.9. The second-order valence-corrected chi connectivity index (χ2v) is 24.1. The van der Waals surface area contributed by atoms with Gasteiger partial charge < -0.3 is 14.2 Å². The number of ether oxygens (including phenoxy) is 3. The van der Waals surface area contributed by atoms with Crippen LogP contribution in [-0.2, 0) is 28.6 Å². The van der Waals surface area contributed by atoms with Gasteiger partial charge in [0, 0.05) is 19.3 Å². The Morgan fingerprint density at radius 2 is 0.463 bits per heavy atom. The van der Waals surface area contributed by atoms with Gasteiger partial charge in [-0.05, 0) is 70.6 Å². The third-order valence-corrected chi connectivity index (χ3v) is 16.1. The van der Waals surface area contributed by atoms with E-state index in [0.717, 1.165) is 103 Å². The second-order valence-electron chi connectivity index (χ2n) is 24.1. The van der Waals surface area contributed by atoms with Crippen LogP contribution in [0.4, 0.5) is 0 Å². The van der Waals surface area contributed by atoms with Crippen LogP contribution in [0.2, 0.25) is 0 Å². The van der Waals surface area contributed by atoms with E-state index >= 15 is 0 Å². The third-order valence-electron chi connectivity index (χ3n) is 16.1. The van der Waals surface area contributed by atoms with Gasteiger partial charge in [-0.2, -0.15) is 0 Å². The highest BCUT2D eigenvalue weighted by molar-refractivity contribution is 5.71. The van der Waals surface area contributed by atoms with Crippen LogP contribution in [0.15, 0.2) is 48.6 Å². The van der Waals surface area contributed by atoms with Gasteiger partial charge in [-0.15, -0.1) is 0 Å². The van der Waals surface area contributed by atoms with Crippen molar-refractivity contribution in [1.82, 2.24) is 0 Å². The van der Waals surface area contributed by atoms with E-state index in [0.29, 0.717) is 19.3 Å². The van der Waals surface area contributed by atoms with Gasteiger partial charge in [-0.25, -0.2) is 0 Å². The predicted molar refractivity (Wildman–Crippen MR) is 349 cm³/mol. The van der Waals surface area contributed by atoms with E-state index in [2.05, 4.69) is 69.4 Å². The predicted octanol–water partition coefficient (Wildman–Crippen LogP) is 24.5. The molecule has 0 radical (unpaired) electrons. The number of allylic oxidation sites excluding steroid dienone is 8. The van der Waals surface area contributed by atoms with Crippen molar-refractivity contribution in [2.24, 2.45) is 0 Å². The topological polar surface area (TPSA) is 78.9 Å². The maximum absolute atomic E-state index is 12.9. The second kappa shape index (κ2) is 68.9. The molecule has 1 atom stereocenters. The number of esters is 3. The van der Waals surface area contributed by atoms with Crippen molar-refractivity contribution in [2.75, 3.05) is 13.2 Å². The molecule has 0 aromatic carbocycles. The summed E-state index contributed by atoms with van der Waals surface area (Å²) in [6, 6.07) is 0. The van der Waals surface area contributed by atoms with Crippen LogP contribution < -0.4 is 0 Å². The lowest BCUT2D eigenvalue weighted by Crippen LogP contribution is -2.30. The molecule has 80 heavy (non-hydrogen) atoms. The molecule has 0 aliphatic heterocycles. The molecule has 0 rings (SSSR count). The van der Waals surface area contributed by atoms with Gasteiger partial charge in [0.15, 0.2) is 6.10 Å². The molecule has 0 saturated carbocycles. The van der Waals surface area contributed by atoms with Crippen molar-refractivity contribution >= 4 is 17.9 Å². The van der Waals surface area contributed by atoms with Crippen LogP contribution in [-0.4, -0.2) is 37.2 Å². The van der Waals surface area contributed by atoms with Gasteiger partial charge in [0.1, 0.15) is 13.2 Å². The van der Waals surface area contributed by atoms with E-state index in [1.54, 1.807) is 0 Å². The monoisotopic (exact) mass is 1120 g/mol. The standard InChI is InChI=1S/C74H136O6/c1-4-7-10-13-16-19-22-25-28-29-30-31-32-33-34-35-36-37-38-39-40-41-42-43-44-45-46-47-50-52-55-58-61-64-67-73(76)79-70-71(80-74(77)68-65-62-59-56-53-49-27-24-21-18-15-12-9-6-3)69-78-72(75)66-63-60-57-54-51-48-26-23-20-17-14-11-8-5-2/h14-15,17-18,23-24,26-27,71H,4-13,16,19-22,25,28-70H2,1-3H3/b17-14-,18-15-,26-23-,27-24-. The minimum absolute atomic E-state index is 0.0802. The lowest BCUT2D eigenvalue weighted by molar-refractivity contribution is -0.167. The fraction of sp³-hybridized carbons (Fsp3) is 0.851. The molecule has 0 spiro atoms. The summed E-state index contributed by atoms with van der Waals surface area (Å²) in [7, 11) is 0. The third kappa shape index (κ3) is 66.2. The molecule has 6 nitrogen and oxygen atoms in total.